The molecular weight excluding hydrogens is 230 g/mol. The van der Waals surface area contributed by atoms with Crippen molar-refractivity contribution in [1.82, 2.24) is 9.80 Å². The Hall–Kier alpha value is -0.900. The second-order valence-corrected chi connectivity index (χ2v) is 4.96. The molecule has 1 aliphatic rings. The number of hydrogen-bond acceptors (Lipinski definition) is 2. The van der Waals surface area contributed by atoms with Crippen LogP contribution in [0.3, 0.4) is 0 Å². The zero-order chi connectivity index (χ0) is 12.8. The van der Waals surface area contributed by atoms with Crippen LogP contribution in [-0.2, 0) is 0 Å². The molecule has 0 spiro atoms. The Morgan fingerprint density at radius 3 is 2.29 bits per heavy atom. The van der Waals surface area contributed by atoms with Crippen molar-refractivity contribution in [3.63, 3.8) is 0 Å². The normalized spacial score (nSPS) is 18.2. The fraction of sp³-hybridized carbons (Fsp3) is 0.692. The Balaban J connectivity index is 2.76. The van der Waals surface area contributed by atoms with Crippen LogP contribution in [0.4, 0.5) is 0 Å². The molecule has 0 aromatic carbocycles. The number of hydrogen-bond donors (Lipinski definition) is 0. The number of likely N-dealkylation sites (tertiary alicyclic amines) is 1. The Bertz CT molecular complexity index is 326. The van der Waals surface area contributed by atoms with Crippen LogP contribution in [0.1, 0.15) is 33.1 Å². The van der Waals surface area contributed by atoms with E-state index in [0.717, 1.165) is 18.8 Å². The highest BCUT2D eigenvalue weighted by molar-refractivity contribution is 7.80. The summed E-state index contributed by atoms with van der Waals surface area (Å²) in [6, 6.07) is 0. The van der Waals surface area contributed by atoms with Crippen molar-refractivity contribution in [1.29, 1.82) is 0 Å². The first kappa shape index (κ1) is 14.2. The van der Waals surface area contributed by atoms with Gasteiger partial charge in [-0.05, 0) is 45.3 Å². The fourth-order valence-corrected chi connectivity index (χ4v) is 2.19. The number of aliphatic imine (C=N–C) groups is 1. The van der Waals surface area contributed by atoms with E-state index in [9.17, 15) is 0 Å². The summed E-state index contributed by atoms with van der Waals surface area (Å²) >= 11 is 5.22. The van der Waals surface area contributed by atoms with Gasteiger partial charge in [-0.1, -0.05) is 6.08 Å². The molecule has 0 radical (unpaired) electrons. The number of allylic oxidation sites excluding steroid dienone is 2. The minimum absolute atomic E-state index is 0.638. The average molecular weight is 253 g/mol. The molecule has 0 N–H and O–H groups in total. The molecule has 1 rings (SSSR count). The highest BCUT2D eigenvalue weighted by Gasteiger charge is 2.15. The molecule has 1 fully saturated rings. The molecule has 0 atom stereocenters. The van der Waals surface area contributed by atoms with E-state index in [-0.39, 0.29) is 0 Å². The quantitative estimate of drug-likeness (QED) is 0.557. The number of rotatable bonds is 2. The third-order valence-corrected chi connectivity index (χ3v) is 3.44. The van der Waals surface area contributed by atoms with Crippen LogP contribution in [0.2, 0.25) is 0 Å². The van der Waals surface area contributed by atoms with Gasteiger partial charge < -0.3 is 9.80 Å². The van der Waals surface area contributed by atoms with Gasteiger partial charge in [-0.15, -0.1) is 0 Å². The summed E-state index contributed by atoms with van der Waals surface area (Å²) in [5.41, 5.74) is 2.25. The molecular formula is C13H23N3S. The maximum absolute atomic E-state index is 5.22. The molecule has 3 nitrogen and oxygen atoms in total. The van der Waals surface area contributed by atoms with Crippen molar-refractivity contribution in [3.8, 4) is 0 Å². The van der Waals surface area contributed by atoms with E-state index >= 15 is 0 Å². The van der Waals surface area contributed by atoms with Crippen LogP contribution in [-0.4, -0.2) is 47.8 Å². The Kier molecular flexibility index (Phi) is 5.62. The largest absolute Gasteiger partial charge is 0.370 e. The number of nitrogens with zero attached hydrogens (tertiary/aromatic N) is 3. The minimum atomic E-state index is 0.638. The van der Waals surface area contributed by atoms with E-state index in [1.165, 1.54) is 25.0 Å². The summed E-state index contributed by atoms with van der Waals surface area (Å²) < 4.78 is 0. The minimum Gasteiger partial charge on any atom is -0.370 e. The smallest absolute Gasteiger partial charge is 0.195 e. The van der Waals surface area contributed by atoms with Crippen LogP contribution in [0, 0.1) is 0 Å². The molecule has 1 heterocycles. The monoisotopic (exact) mass is 253 g/mol. The van der Waals surface area contributed by atoms with Gasteiger partial charge in [0.25, 0.3) is 0 Å². The van der Waals surface area contributed by atoms with Gasteiger partial charge in [0.05, 0.1) is 11.4 Å². The molecule has 0 aliphatic carbocycles. The highest BCUT2D eigenvalue weighted by atomic mass is 32.1. The zero-order valence-electron chi connectivity index (χ0n) is 11.4. The SMILES string of the molecule is C/C=C(\C(C)=NC(=S)N(C)C)N1CCCCC1. The van der Waals surface area contributed by atoms with Crippen molar-refractivity contribution in [3.05, 3.63) is 11.8 Å². The van der Waals surface area contributed by atoms with E-state index < -0.39 is 0 Å². The first-order chi connectivity index (χ1) is 8.06. The summed E-state index contributed by atoms with van der Waals surface area (Å²) in [6.45, 7) is 6.39. The molecule has 0 aromatic heterocycles. The molecule has 96 valence electrons. The first-order valence-electron chi connectivity index (χ1n) is 6.24. The lowest BCUT2D eigenvalue weighted by atomic mass is 10.1. The maximum atomic E-state index is 5.22. The van der Waals surface area contributed by atoms with Gasteiger partial charge in [0.15, 0.2) is 5.11 Å². The van der Waals surface area contributed by atoms with E-state index in [0.29, 0.717) is 5.11 Å². The lowest BCUT2D eigenvalue weighted by Crippen LogP contribution is -2.32. The van der Waals surface area contributed by atoms with Gasteiger partial charge in [0.1, 0.15) is 0 Å². The lowest BCUT2D eigenvalue weighted by molar-refractivity contribution is 0.297. The van der Waals surface area contributed by atoms with Crippen molar-refractivity contribution in [2.45, 2.75) is 33.1 Å². The van der Waals surface area contributed by atoms with Gasteiger partial charge in [-0.2, -0.15) is 0 Å². The number of piperidine rings is 1. The van der Waals surface area contributed by atoms with Crippen LogP contribution in [0.15, 0.2) is 16.8 Å². The van der Waals surface area contributed by atoms with Crippen molar-refractivity contribution in [2.75, 3.05) is 27.2 Å². The molecule has 0 aromatic rings. The van der Waals surface area contributed by atoms with E-state index in [2.05, 4.69) is 22.9 Å². The van der Waals surface area contributed by atoms with Crippen LogP contribution in [0.25, 0.3) is 0 Å². The summed E-state index contributed by atoms with van der Waals surface area (Å²) in [6.07, 6.45) is 6.05. The van der Waals surface area contributed by atoms with Crippen molar-refractivity contribution >= 4 is 23.0 Å². The second kappa shape index (κ2) is 6.74. The molecule has 1 aliphatic heterocycles. The van der Waals surface area contributed by atoms with Crippen molar-refractivity contribution in [2.24, 2.45) is 4.99 Å². The zero-order valence-corrected chi connectivity index (χ0v) is 12.2. The average Bonchev–Trinajstić information content (AvgIpc) is 2.31. The maximum Gasteiger partial charge on any atom is 0.195 e. The summed E-state index contributed by atoms with van der Waals surface area (Å²) in [7, 11) is 3.85. The summed E-state index contributed by atoms with van der Waals surface area (Å²) in [4.78, 5) is 8.77. The number of thiocarbonyl (C=S) groups is 1. The highest BCUT2D eigenvalue weighted by Crippen LogP contribution is 2.16. The van der Waals surface area contributed by atoms with Gasteiger partial charge in [0.2, 0.25) is 0 Å². The summed E-state index contributed by atoms with van der Waals surface area (Å²) in [5.74, 6) is 0. The molecule has 0 saturated carbocycles. The third-order valence-electron chi connectivity index (χ3n) is 2.99. The molecule has 4 heteroatoms. The molecule has 0 bridgehead atoms. The van der Waals surface area contributed by atoms with Crippen LogP contribution < -0.4 is 0 Å². The predicted molar refractivity (Wildman–Crippen MR) is 78.6 cm³/mol. The van der Waals surface area contributed by atoms with Crippen LogP contribution >= 0.6 is 12.2 Å². The Labute approximate surface area is 110 Å². The van der Waals surface area contributed by atoms with Crippen molar-refractivity contribution < 1.29 is 0 Å². The van der Waals surface area contributed by atoms with E-state index in [4.69, 9.17) is 12.2 Å². The van der Waals surface area contributed by atoms with Gasteiger partial charge in [-0.25, -0.2) is 4.99 Å². The predicted octanol–water partition coefficient (Wildman–Crippen LogP) is 2.68. The Morgan fingerprint density at radius 1 is 1.24 bits per heavy atom. The van der Waals surface area contributed by atoms with Crippen LogP contribution in [0.5, 0.6) is 0 Å². The Morgan fingerprint density at radius 2 is 1.82 bits per heavy atom. The standard InChI is InChI=1S/C13H23N3S/c1-5-12(16-9-7-6-8-10-16)11(2)14-13(17)15(3)4/h5H,6-10H2,1-4H3/b12-5+,14-11?. The van der Waals surface area contributed by atoms with E-state index in [1.807, 2.05) is 25.9 Å². The van der Waals surface area contributed by atoms with Gasteiger partial charge >= 0.3 is 0 Å². The molecule has 0 amide bonds. The van der Waals surface area contributed by atoms with Gasteiger partial charge in [-0.3, -0.25) is 0 Å². The molecule has 0 unspecified atom stereocenters. The fourth-order valence-electron chi connectivity index (χ4n) is 2.06. The topological polar surface area (TPSA) is 18.8 Å². The third kappa shape index (κ3) is 4.11. The molecule has 17 heavy (non-hydrogen) atoms. The first-order valence-corrected chi connectivity index (χ1v) is 6.65. The molecule has 1 saturated heterocycles. The van der Waals surface area contributed by atoms with Gasteiger partial charge in [0, 0.05) is 27.2 Å². The summed E-state index contributed by atoms with van der Waals surface area (Å²) in [5, 5.41) is 0.638. The lowest BCUT2D eigenvalue weighted by Gasteiger charge is -2.31. The van der Waals surface area contributed by atoms with E-state index in [1.54, 1.807) is 0 Å². The second-order valence-electron chi connectivity index (χ2n) is 4.60.